The molecule has 0 spiro atoms. The van der Waals surface area contributed by atoms with Crippen LogP contribution in [0.15, 0.2) is 0 Å². The van der Waals surface area contributed by atoms with Gasteiger partial charge in [-0.25, -0.2) is 0 Å². The molecule has 1 aliphatic carbocycles. The second kappa shape index (κ2) is 5.38. The number of hydrogen-bond donors (Lipinski definition) is 1. The first-order valence-electron chi connectivity index (χ1n) is 5.64. The van der Waals surface area contributed by atoms with Gasteiger partial charge >= 0.3 is 0 Å². The Morgan fingerprint density at radius 3 is 2.54 bits per heavy atom. The molecule has 76 valence electrons. The molecular weight excluding hydrogens is 162 g/mol. The second-order valence-electron chi connectivity index (χ2n) is 4.07. The zero-order valence-electron chi connectivity index (χ0n) is 8.94. The Morgan fingerprint density at radius 1 is 1.31 bits per heavy atom. The maximum atomic E-state index is 11.5. The molecule has 0 aromatic carbocycles. The van der Waals surface area contributed by atoms with E-state index in [1.54, 1.807) is 4.90 Å². The second-order valence-corrected chi connectivity index (χ2v) is 4.07. The van der Waals surface area contributed by atoms with Gasteiger partial charge < -0.3 is 4.90 Å². The SMILES string of the molecule is CC[NH+](CC)C[C@@H]1CCCCC1=O. The third kappa shape index (κ3) is 3.11. The zero-order valence-corrected chi connectivity index (χ0v) is 8.94. The molecule has 1 atom stereocenters. The van der Waals surface area contributed by atoms with Crippen molar-refractivity contribution in [3.05, 3.63) is 0 Å². The molecule has 2 nitrogen and oxygen atoms in total. The topological polar surface area (TPSA) is 21.5 Å². The summed E-state index contributed by atoms with van der Waals surface area (Å²) in [4.78, 5) is 13.1. The highest BCUT2D eigenvalue weighted by molar-refractivity contribution is 5.81. The monoisotopic (exact) mass is 184 g/mol. The quantitative estimate of drug-likeness (QED) is 0.681. The van der Waals surface area contributed by atoms with Gasteiger partial charge in [-0.15, -0.1) is 0 Å². The average molecular weight is 184 g/mol. The largest absolute Gasteiger partial charge is 0.335 e. The van der Waals surface area contributed by atoms with Gasteiger partial charge in [0.05, 0.1) is 25.6 Å². The maximum Gasteiger partial charge on any atom is 0.141 e. The summed E-state index contributed by atoms with van der Waals surface area (Å²) in [5, 5.41) is 0. The number of ketones is 1. The van der Waals surface area contributed by atoms with Crippen LogP contribution in [0.4, 0.5) is 0 Å². The summed E-state index contributed by atoms with van der Waals surface area (Å²) >= 11 is 0. The highest BCUT2D eigenvalue weighted by atomic mass is 16.1. The van der Waals surface area contributed by atoms with Gasteiger partial charge in [-0.2, -0.15) is 0 Å². The molecule has 0 aliphatic heterocycles. The van der Waals surface area contributed by atoms with Crippen molar-refractivity contribution >= 4 is 5.78 Å². The highest BCUT2D eigenvalue weighted by Crippen LogP contribution is 2.18. The van der Waals surface area contributed by atoms with Crippen molar-refractivity contribution < 1.29 is 9.69 Å². The predicted molar refractivity (Wildman–Crippen MR) is 53.9 cm³/mol. The molecule has 1 saturated carbocycles. The number of carbonyl (C=O) groups is 1. The lowest BCUT2D eigenvalue weighted by Gasteiger charge is -2.24. The molecule has 0 unspecified atom stereocenters. The van der Waals surface area contributed by atoms with E-state index in [2.05, 4.69) is 13.8 Å². The molecule has 0 heterocycles. The van der Waals surface area contributed by atoms with Gasteiger partial charge in [-0.3, -0.25) is 4.79 Å². The molecule has 0 amide bonds. The minimum absolute atomic E-state index is 0.378. The Balaban J connectivity index is 2.36. The van der Waals surface area contributed by atoms with Crippen LogP contribution in [0.25, 0.3) is 0 Å². The molecule has 1 N–H and O–H groups in total. The Hall–Kier alpha value is -0.370. The smallest absolute Gasteiger partial charge is 0.141 e. The summed E-state index contributed by atoms with van der Waals surface area (Å²) in [6.07, 6.45) is 4.37. The van der Waals surface area contributed by atoms with Crippen LogP contribution < -0.4 is 4.90 Å². The van der Waals surface area contributed by atoms with Gasteiger partial charge in [-0.05, 0) is 26.7 Å². The first-order chi connectivity index (χ1) is 6.27. The fourth-order valence-corrected chi connectivity index (χ4v) is 2.16. The molecule has 2 heteroatoms. The van der Waals surface area contributed by atoms with Crippen molar-refractivity contribution in [2.75, 3.05) is 19.6 Å². The summed E-state index contributed by atoms with van der Waals surface area (Å²) in [6.45, 7) is 7.78. The number of nitrogens with one attached hydrogen (secondary N) is 1. The number of hydrogen-bond acceptors (Lipinski definition) is 1. The maximum absolute atomic E-state index is 11.5. The Labute approximate surface area is 81.3 Å². The first-order valence-corrected chi connectivity index (χ1v) is 5.64. The third-order valence-electron chi connectivity index (χ3n) is 3.22. The van der Waals surface area contributed by atoms with E-state index in [4.69, 9.17) is 0 Å². The first kappa shape index (κ1) is 10.7. The van der Waals surface area contributed by atoms with E-state index < -0.39 is 0 Å². The molecule has 0 saturated heterocycles. The van der Waals surface area contributed by atoms with Crippen molar-refractivity contribution in [1.29, 1.82) is 0 Å². The van der Waals surface area contributed by atoms with Crippen molar-refractivity contribution in [1.82, 2.24) is 0 Å². The van der Waals surface area contributed by atoms with Gasteiger partial charge in [-0.1, -0.05) is 6.42 Å². The fourth-order valence-electron chi connectivity index (χ4n) is 2.16. The lowest BCUT2D eigenvalue weighted by Crippen LogP contribution is -3.12. The highest BCUT2D eigenvalue weighted by Gasteiger charge is 2.25. The van der Waals surface area contributed by atoms with Gasteiger partial charge in [0.15, 0.2) is 0 Å². The number of quaternary nitrogens is 1. The van der Waals surface area contributed by atoms with E-state index in [0.717, 1.165) is 38.9 Å². The van der Waals surface area contributed by atoms with Crippen LogP contribution in [0.3, 0.4) is 0 Å². The minimum Gasteiger partial charge on any atom is -0.335 e. The lowest BCUT2D eigenvalue weighted by atomic mass is 9.87. The standard InChI is InChI=1S/C11H21NO/c1-3-12(4-2)9-10-7-5-6-8-11(10)13/h10H,3-9H2,1-2H3/p+1/t10-/m0/s1. The fraction of sp³-hybridized carbons (Fsp3) is 0.909. The van der Waals surface area contributed by atoms with E-state index in [1.807, 2.05) is 0 Å². The molecule has 13 heavy (non-hydrogen) atoms. The Morgan fingerprint density at radius 2 is 2.00 bits per heavy atom. The predicted octanol–water partition coefficient (Wildman–Crippen LogP) is 0.670. The van der Waals surface area contributed by atoms with Crippen molar-refractivity contribution in [2.45, 2.75) is 39.5 Å². The van der Waals surface area contributed by atoms with Crippen LogP contribution in [-0.4, -0.2) is 25.4 Å². The van der Waals surface area contributed by atoms with Gasteiger partial charge in [0.2, 0.25) is 0 Å². The molecule has 0 bridgehead atoms. The van der Waals surface area contributed by atoms with E-state index in [0.29, 0.717) is 11.7 Å². The summed E-state index contributed by atoms with van der Waals surface area (Å²) < 4.78 is 0. The Kier molecular flexibility index (Phi) is 4.43. The van der Waals surface area contributed by atoms with E-state index in [-0.39, 0.29) is 0 Å². The molecule has 0 aromatic rings. The van der Waals surface area contributed by atoms with Crippen LogP contribution in [0.5, 0.6) is 0 Å². The molecule has 1 fully saturated rings. The van der Waals surface area contributed by atoms with Crippen LogP contribution >= 0.6 is 0 Å². The van der Waals surface area contributed by atoms with Crippen LogP contribution in [0.1, 0.15) is 39.5 Å². The third-order valence-corrected chi connectivity index (χ3v) is 3.22. The number of rotatable bonds is 4. The molecule has 1 rings (SSSR count). The zero-order chi connectivity index (χ0) is 9.68. The van der Waals surface area contributed by atoms with Crippen LogP contribution in [-0.2, 0) is 4.79 Å². The van der Waals surface area contributed by atoms with Gasteiger partial charge in [0.25, 0.3) is 0 Å². The van der Waals surface area contributed by atoms with Crippen molar-refractivity contribution in [3.63, 3.8) is 0 Å². The molecule has 0 aromatic heterocycles. The minimum atomic E-state index is 0.378. The molecule has 1 aliphatic rings. The molecule has 0 radical (unpaired) electrons. The molecular formula is C11H22NO+. The van der Waals surface area contributed by atoms with Crippen molar-refractivity contribution in [2.24, 2.45) is 5.92 Å². The summed E-state index contributed by atoms with van der Waals surface area (Å²) in [7, 11) is 0. The van der Waals surface area contributed by atoms with Gasteiger partial charge in [0.1, 0.15) is 5.78 Å². The Bertz CT molecular complexity index is 163. The summed E-state index contributed by atoms with van der Waals surface area (Å²) in [6, 6.07) is 0. The summed E-state index contributed by atoms with van der Waals surface area (Å²) in [5.74, 6) is 0.898. The van der Waals surface area contributed by atoms with Crippen molar-refractivity contribution in [3.8, 4) is 0 Å². The van der Waals surface area contributed by atoms with Crippen LogP contribution in [0, 0.1) is 5.92 Å². The lowest BCUT2D eigenvalue weighted by molar-refractivity contribution is -0.898. The summed E-state index contributed by atoms with van der Waals surface area (Å²) in [5.41, 5.74) is 0. The van der Waals surface area contributed by atoms with E-state index in [1.165, 1.54) is 6.42 Å². The van der Waals surface area contributed by atoms with E-state index in [9.17, 15) is 4.79 Å². The normalized spacial score (nSPS) is 23.9. The average Bonchev–Trinajstić information content (AvgIpc) is 2.17. The van der Waals surface area contributed by atoms with E-state index >= 15 is 0 Å². The van der Waals surface area contributed by atoms with Gasteiger partial charge in [0, 0.05) is 6.42 Å². The number of carbonyl (C=O) groups excluding carboxylic acids is 1. The van der Waals surface area contributed by atoms with Crippen LogP contribution in [0.2, 0.25) is 0 Å². The number of Topliss-reactive ketones (excluding diaryl/α,β-unsaturated/α-hetero) is 1.